The third-order valence-electron chi connectivity index (χ3n) is 10.8. The number of piperidine rings is 1. The number of fused-ring (bicyclic) bond motifs is 2. The maximum Gasteiger partial charge on any atom is 0.407 e. The number of H-pyrrole nitrogens is 2. The Labute approximate surface area is 393 Å². The maximum absolute atomic E-state index is 13.7. The lowest BCUT2D eigenvalue weighted by atomic mass is 10.0. The van der Waals surface area contributed by atoms with E-state index in [0.29, 0.717) is 24.9 Å². The Balaban J connectivity index is 0.00000310. The van der Waals surface area contributed by atoms with Gasteiger partial charge in [-0.3, -0.25) is 9.59 Å². The van der Waals surface area contributed by atoms with E-state index in [1.54, 1.807) is 6.20 Å². The fraction of sp³-hybridized carbons (Fsp3) is 0.476. The summed E-state index contributed by atoms with van der Waals surface area (Å²) in [5, 5.41) is 2.72. The molecule has 4 heterocycles. The number of benzene rings is 2. The summed E-state index contributed by atoms with van der Waals surface area (Å²) in [5.74, 6) is 8.55. The van der Waals surface area contributed by atoms with Crippen LogP contribution < -0.4 is 5.32 Å². The smallest absolute Gasteiger partial charge is 0.407 e. The number of carbonyl (C=O) groups is 3. The number of methoxy groups -OCH3 is 1. The van der Waals surface area contributed by atoms with E-state index in [2.05, 4.69) is 42.0 Å². The first-order valence-corrected chi connectivity index (χ1v) is 18.9. The van der Waals surface area contributed by atoms with Gasteiger partial charge in [-0.1, -0.05) is 59.1 Å². The van der Waals surface area contributed by atoms with Crippen molar-refractivity contribution >= 4 is 103 Å². The molecule has 3 N–H and O–H groups in total. The molecule has 336 valence electrons. The minimum absolute atomic E-state index is 0. The molecule has 2 aromatic carbocycles. The van der Waals surface area contributed by atoms with Crippen LogP contribution in [0.1, 0.15) is 89.2 Å². The van der Waals surface area contributed by atoms with Crippen LogP contribution in [0.25, 0.3) is 22.3 Å². The number of likely N-dealkylation sites (tertiary alicyclic amines) is 2. The first kappa shape index (κ1) is 55.1. The Morgan fingerprint density at radius 2 is 1.59 bits per heavy atom. The number of nitrogens with one attached hydrogen (secondary N) is 3. The van der Waals surface area contributed by atoms with Crippen LogP contribution in [0.4, 0.5) is 4.79 Å². The number of aromatic amines is 2. The number of aliphatic imine (C=N–C) groups is 1. The number of rotatable bonds is 11. The molecule has 0 spiro atoms. The first-order valence-electron chi connectivity index (χ1n) is 18.9. The molecule has 3 amide bonds. The zero-order valence-electron chi connectivity index (χ0n) is 34.5. The van der Waals surface area contributed by atoms with Gasteiger partial charge in [-0.25, -0.2) is 19.8 Å². The average molecular weight is 935 g/mol. The topological polar surface area (TPSA) is 167 Å². The lowest BCUT2D eigenvalue weighted by Gasteiger charge is -2.31. The van der Waals surface area contributed by atoms with Crippen LogP contribution in [0.2, 0.25) is 0 Å². The minimum Gasteiger partial charge on any atom is -0.453 e. The van der Waals surface area contributed by atoms with Crippen LogP contribution in [0, 0.1) is 35.5 Å². The molecule has 2 aliphatic heterocycles. The third-order valence-corrected chi connectivity index (χ3v) is 10.8. The molecule has 1 saturated carbocycles. The molecule has 0 bridgehead atoms. The van der Waals surface area contributed by atoms with E-state index in [0.717, 1.165) is 64.3 Å². The molecule has 61 heavy (non-hydrogen) atoms. The van der Waals surface area contributed by atoms with Gasteiger partial charge in [-0.2, -0.15) is 72.4 Å². The third kappa shape index (κ3) is 12.2. The molecule has 0 radical (unpaired) electrons. The monoisotopic (exact) mass is 934 g/mol. The lowest BCUT2D eigenvalue weighted by molar-refractivity contribution is -0.188. The quantitative estimate of drug-likeness (QED) is 0.0489. The first-order chi connectivity index (χ1) is 26.6. The molecule has 6 atom stereocenters. The van der Waals surface area contributed by atoms with Crippen LogP contribution in [-0.4, -0.2) is 93.4 Å². The van der Waals surface area contributed by atoms with Crippen LogP contribution in [0.3, 0.4) is 0 Å². The molecule has 19 heteroatoms. The zero-order chi connectivity index (χ0) is 38.8. The standard InChI is InChI=1S/C41H48N8O6.CH4.5H2S/c1-23(2)34(43-22-55-54-6)39(50)48-17-7-8-33(48)37-42-20-32(46-37)27-14-11-25(12-15-27)9-10-26-13-16-30-31(18-26)45-38(44-30)36-29-19-28(29)21-49(36)40(51)35(24(3)4)47-41(52)53-5;;;;;;/h11-16,18,20,22-24,28-29,33-36H,7-8,17,19,21H2,1-6H3,(H,42,46)(H,44,45)(H,47,52);1H4;5*1H2/t28-,29-,33-,34-,35-,36-;;;;;;/m0....../s1. The highest BCUT2D eigenvalue weighted by Crippen LogP contribution is 2.56. The summed E-state index contributed by atoms with van der Waals surface area (Å²) in [5.41, 5.74) is 5.18. The average Bonchev–Trinajstić information content (AvgIpc) is 3.67. The number of hydrogen-bond acceptors (Lipinski definition) is 9. The molecule has 2 saturated heterocycles. The molecular weight excluding hydrogens is 873 g/mol. The van der Waals surface area contributed by atoms with Gasteiger partial charge < -0.3 is 34.7 Å². The summed E-state index contributed by atoms with van der Waals surface area (Å²) in [6.07, 6.45) is 5.12. The molecule has 2 aromatic heterocycles. The summed E-state index contributed by atoms with van der Waals surface area (Å²) in [6, 6.07) is 12.3. The normalized spacial score (nSPS) is 19.3. The van der Waals surface area contributed by atoms with Gasteiger partial charge >= 0.3 is 6.09 Å². The van der Waals surface area contributed by atoms with Gasteiger partial charge in [0, 0.05) is 24.2 Å². The molecule has 1 aliphatic carbocycles. The number of carbonyl (C=O) groups excluding carboxylic acids is 3. The Hall–Kier alpha value is -3.93. The molecule has 3 aliphatic rings. The Morgan fingerprint density at radius 3 is 2.25 bits per heavy atom. The van der Waals surface area contributed by atoms with Crippen LogP contribution in [-0.2, 0) is 24.1 Å². The number of ether oxygens (including phenoxy) is 1. The highest BCUT2D eigenvalue weighted by molar-refractivity contribution is 7.60. The van der Waals surface area contributed by atoms with E-state index >= 15 is 0 Å². The summed E-state index contributed by atoms with van der Waals surface area (Å²) in [7, 11) is 2.69. The largest absolute Gasteiger partial charge is 0.453 e. The molecule has 7 rings (SSSR count). The molecular formula is C42H62N8O6S5. The van der Waals surface area contributed by atoms with Gasteiger partial charge in [0.1, 0.15) is 23.7 Å². The molecule has 14 nitrogen and oxygen atoms in total. The van der Waals surface area contributed by atoms with Crippen molar-refractivity contribution in [1.29, 1.82) is 0 Å². The maximum atomic E-state index is 13.7. The fourth-order valence-corrected chi connectivity index (χ4v) is 7.84. The number of alkyl carbamates (subject to hydrolysis) is 1. The van der Waals surface area contributed by atoms with Gasteiger partial charge in [-0.15, -0.1) is 0 Å². The summed E-state index contributed by atoms with van der Waals surface area (Å²) >= 11 is 0. The van der Waals surface area contributed by atoms with Gasteiger partial charge in [0.15, 0.2) is 0 Å². The molecule has 0 unspecified atom stereocenters. The van der Waals surface area contributed by atoms with E-state index in [1.165, 1.54) is 20.6 Å². The summed E-state index contributed by atoms with van der Waals surface area (Å²) in [4.78, 5) is 73.2. The number of aromatic nitrogens is 4. The second-order valence-electron chi connectivity index (χ2n) is 15.2. The fourth-order valence-electron chi connectivity index (χ4n) is 7.84. The predicted molar refractivity (Wildman–Crippen MR) is 264 cm³/mol. The van der Waals surface area contributed by atoms with Crippen molar-refractivity contribution in [3.8, 4) is 23.1 Å². The van der Waals surface area contributed by atoms with Gasteiger partial charge in [0.25, 0.3) is 0 Å². The zero-order valence-corrected chi connectivity index (χ0v) is 39.5. The van der Waals surface area contributed by atoms with E-state index in [9.17, 15) is 14.4 Å². The number of amides is 3. The highest BCUT2D eigenvalue weighted by Gasteiger charge is 2.56. The minimum atomic E-state index is -0.684. The van der Waals surface area contributed by atoms with Crippen molar-refractivity contribution in [3.05, 3.63) is 71.4 Å². The SMILES string of the molecule is C.COOC=N[C@H](C(=O)N1CCC[C@H]1c1ncc(-c2ccc(C#Cc3ccc4nc([C@@H]5[C@H]6C[C@H]6CN5C(=O)[C@@H](NC(=O)OC)C(C)C)[nH]c4c3)cc2)[nH]1)C(C)C.S.S.S.S.S. The van der Waals surface area contributed by atoms with E-state index < -0.39 is 18.2 Å². The Morgan fingerprint density at radius 1 is 0.902 bits per heavy atom. The molecule has 4 aromatic rings. The lowest BCUT2D eigenvalue weighted by Crippen LogP contribution is -2.51. The van der Waals surface area contributed by atoms with Crippen LogP contribution in [0.15, 0.2) is 53.7 Å². The number of nitrogens with zero attached hydrogens (tertiary/aromatic N) is 5. The second-order valence-corrected chi connectivity index (χ2v) is 15.2. The highest BCUT2D eigenvalue weighted by atomic mass is 32.1. The van der Waals surface area contributed by atoms with Gasteiger partial charge in [0.2, 0.25) is 18.2 Å². The van der Waals surface area contributed by atoms with Crippen LogP contribution in [0.5, 0.6) is 0 Å². The number of imidazole rings is 2. The number of hydrogen-bond donors (Lipinski definition) is 3. The van der Waals surface area contributed by atoms with Crippen molar-refractivity contribution in [2.75, 3.05) is 27.3 Å². The van der Waals surface area contributed by atoms with Crippen LogP contribution >= 0.6 is 67.5 Å². The van der Waals surface area contributed by atoms with E-state index in [4.69, 9.17) is 14.6 Å². The van der Waals surface area contributed by atoms with E-state index in [1.807, 2.05) is 80.0 Å². The molecule has 3 fully saturated rings. The Bertz CT molecular complexity index is 2150. The van der Waals surface area contributed by atoms with E-state index in [-0.39, 0.29) is 111 Å². The van der Waals surface area contributed by atoms with Crippen molar-refractivity contribution in [1.82, 2.24) is 35.1 Å². The van der Waals surface area contributed by atoms with Gasteiger partial charge in [0.05, 0.1) is 49.2 Å². The van der Waals surface area contributed by atoms with Crippen molar-refractivity contribution in [2.45, 2.75) is 78.6 Å². The summed E-state index contributed by atoms with van der Waals surface area (Å²) < 4.78 is 4.78. The van der Waals surface area contributed by atoms with Crippen molar-refractivity contribution < 1.29 is 28.9 Å². The Kier molecular flexibility index (Phi) is 21.7. The summed E-state index contributed by atoms with van der Waals surface area (Å²) in [6.45, 7) is 9.03. The second kappa shape index (κ2) is 24.1. The van der Waals surface area contributed by atoms with Gasteiger partial charge in [-0.05, 0) is 78.8 Å². The van der Waals surface area contributed by atoms with Crippen molar-refractivity contribution in [3.63, 3.8) is 0 Å². The predicted octanol–water partition coefficient (Wildman–Crippen LogP) is 6.75. The van der Waals surface area contributed by atoms with Crippen molar-refractivity contribution in [2.24, 2.45) is 28.7 Å².